The van der Waals surface area contributed by atoms with Crippen molar-refractivity contribution in [1.82, 2.24) is 10.6 Å². The number of aliphatic carboxylic acids is 1. The lowest BCUT2D eigenvalue weighted by Gasteiger charge is -2.09. The third-order valence-corrected chi connectivity index (χ3v) is 2.73. The predicted molar refractivity (Wildman–Crippen MR) is 73.0 cm³/mol. The highest BCUT2D eigenvalue weighted by molar-refractivity contribution is 5.95. The lowest BCUT2D eigenvalue weighted by Crippen LogP contribution is -2.26. The Hall–Kier alpha value is -1.88. The van der Waals surface area contributed by atoms with Gasteiger partial charge in [0.15, 0.2) is 0 Å². The summed E-state index contributed by atoms with van der Waals surface area (Å²) in [7, 11) is 1.83. The van der Waals surface area contributed by atoms with Gasteiger partial charge in [-0.15, -0.1) is 0 Å². The molecule has 1 aromatic carbocycles. The van der Waals surface area contributed by atoms with E-state index in [2.05, 4.69) is 10.6 Å². The average molecular weight is 264 g/mol. The summed E-state index contributed by atoms with van der Waals surface area (Å²) in [4.78, 5) is 22.3. The van der Waals surface area contributed by atoms with Crippen LogP contribution in [0.2, 0.25) is 0 Å². The minimum absolute atomic E-state index is 0.110. The Morgan fingerprint density at radius 3 is 2.63 bits per heavy atom. The Bertz CT molecular complexity index is 432. The van der Waals surface area contributed by atoms with Gasteiger partial charge in [-0.2, -0.15) is 0 Å². The molecule has 0 heterocycles. The lowest BCUT2D eigenvalue weighted by molar-refractivity contribution is -0.137. The van der Waals surface area contributed by atoms with E-state index in [0.717, 1.165) is 5.56 Å². The molecule has 0 aliphatic heterocycles. The molecule has 0 radical (unpaired) electrons. The number of carbonyl (C=O) groups is 2. The van der Waals surface area contributed by atoms with Crippen LogP contribution in [0, 0.1) is 0 Å². The summed E-state index contributed by atoms with van der Waals surface area (Å²) in [6.45, 7) is 1.14. The fraction of sp³-hybridized carbons (Fsp3) is 0.429. The van der Waals surface area contributed by atoms with Gasteiger partial charge in [0.05, 0.1) is 0 Å². The fourth-order valence-corrected chi connectivity index (χ4v) is 1.78. The summed E-state index contributed by atoms with van der Waals surface area (Å²) >= 11 is 0. The summed E-state index contributed by atoms with van der Waals surface area (Å²) in [5.74, 6) is -0.910. The van der Waals surface area contributed by atoms with E-state index in [9.17, 15) is 9.59 Å². The van der Waals surface area contributed by atoms with E-state index in [-0.39, 0.29) is 12.3 Å². The molecule has 1 aromatic rings. The van der Waals surface area contributed by atoms with Crippen LogP contribution in [0.3, 0.4) is 0 Å². The molecule has 0 saturated heterocycles. The molecule has 1 rings (SSSR count). The van der Waals surface area contributed by atoms with Crippen LogP contribution in [-0.4, -0.2) is 30.6 Å². The van der Waals surface area contributed by atoms with Crippen molar-refractivity contribution in [3.8, 4) is 0 Å². The summed E-state index contributed by atoms with van der Waals surface area (Å²) < 4.78 is 0. The van der Waals surface area contributed by atoms with Crippen LogP contribution in [-0.2, 0) is 11.3 Å². The number of amides is 1. The second kappa shape index (κ2) is 8.26. The van der Waals surface area contributed by atoms with E-state index in [4.69, 9.17) is 5.11 Å². The summed E-state index contributed by atoms with van der Waals surface area (Å²) in [5.41, 5.74) is 1.61. The first-order valence-electron chi connectivity index (χ1n) is 6.37. The quantitative estimate of drug-likeness (QED) is 0.620. The number of carbonyl (C=O) groups excluding carboxylic acids is 1. The first-order chi connectivity index (χ1) is 9.15. The zero-order chi connectivity index (χ0) is 14.1. The summed E-state index contributed by atoms with van der Waals surface area (Å²) in [5, 5.41) is 14.3. The molecule has 0 aromatic heterocycles. The maximum absolute atomic E-state index is 12.0. The maximum atomic E-state index is 12.0. The number of hydrogen-bond donors (Lipinski definition) is 3. The van der Waals surface area contributed by atoms with Crippen molar-refractivity contribution in [2.24, 2.45) is 0 Å². The summed E-state index contributed by atoms with van der Waals surface area (Å²) in [6, 6.07) is 7.43. The van der Waals surface area contributed by atoms with E-state index in [1.165, 1.54) is 0 Å². The van der Waals surface area contributed by atoms with E-state index in [0.29, 0.717) is 31.5 Å². The molecular formula is C14H20N2O3. The van der Waals surface area contributed by atoms with Gasteiger partial charge < -0.3 is 15.7 Å². The number of rotatable bonds is 8. The molecule has 3 N–H and O–H groups in total. The van der Waals surface area contributed by atoms with E-state index >= 15 is 0 Å². The molecule has 0 fully saturated rings. The average Bonchev–Trinajstić information content (AvgIpc) is 2.39. The Morgan fingerprint density at radius 1 is 1.21 bits per heavy atom. The van der Waals surface area contributed by atoms with Gasteiger partial charge in [-0.1, -0.05) is 18.2 Å². The molecule has 0 spiro atoms. The van der Waals surface area contributed by atoms with Gasteiger partial charge in [-0.05, 0) is 31.5 Å². The smallest absolute Gasteiger partial charge is 0.303 e. The number of carboxylic acids is 1. The molecule has 5 nitrogen and oxygen atoms in total. The van der Waals surface area contributed by atoms with Crippen molar-refractivity contribution in [2.45, 2.75) is 25.8 Å². The predicted octanol–water partition coefficient (Wildman–Crippen LogP) is 1.39. The second-order valence-electron chi connectivity index (χ2n) is 4.29. The molecule has 0 aliphatic carbocycles. The van der Waals surface area contributed by atoms with Crippen LogP contribution in [0.25, 0.3) is 0 Å². The molecule has 19 heavy (non-hydrogen) atoms. The van der Waals surface area contributed by atoms with Gasteiger partial charge >= 0.3 is 5.97 Å². The Labute approximate surface area is 113 Å². The summed E-state index contributed by atoms with van der Waals surface area (Å²) in [6.07, 6.45) is 1.40. The van der Waals surface area contributed by atoms with Gasteiger partial charge in [-0.25, -0.2) is 0 Å². The van der Waals surface area contributed by atoms with E-state index in [1.807, 2.05) is 25.2 Å². The third-order valence-electron chi connectivity index (χ3n) is 2.73. The van der Waals surface area contributed by atoms with Crippen molar-refractivity contribution >= 4 is 11.9 Å². The van der Waals surface area contributed by atoms with Gasteiger partial charge in [0.1, 0.15) is 0 Å². The highest BCUT2D eigenvalue weighted by Gasteiger charge is 2.09. The van der Waals surface area contributed by atoms with Gasteiger partial charge in [0, 0.05) is 25.1 Å². The molecule has 1 amide bonds. The second-order valence-corrected chi connectivity index (χ2v) is 4.29. The zero-order valence-corrected chi connectivity index (χ0v) is 11.1. The molecule has 0 saturated carbocycles. The van der Waals surface area contributed by atoms with Crippen molar-refractivity contribution in [2.75, 3.05) is 13.6 Å². The monoisotopic (exact) mass is 264 g/mol. The SMILES string of the molecule is CNCc1ccccc1C(=O)NCCCCC(=O)O. The Balaban J connectivity index is 2.43. The minimum Gasteiger partial charge on any atom is -0.481 e. The first-order valence-corrected chi connectivity index (χ1v) is 6.37. The Kier molecular flexibility index (Phi) is 6.60. The fourth-order valence-electron chi connectivity index (χ4n) is 1.78. The molecule has 5 heteroatoms. The zero-order valence-electron chi connectivity index (χ0n) is 11.1. The van der Waals surface area contributed by atoms with Gasteiger partial charge in [0.2, 0.25) is 0 Å². The number of benzene rings is 1. The number of carboxylic acid groups (broad SMARTS) is 1. The topological polar surface area (TPSA) is 78.4 Å². The number of unbranched alkanes of at least 4 members (excludes halogenated alkanes) is 1. The van der Waals surface area contributed by atoms with Crippen molar-refractivity contribution < 1.29 is 14.7 Å². The Morgan fingerprint density at radius 2 is 1.95 bits per heavy atom. The minimum atomic E-state index is -0.800. The first kappa shape index (κ1) is 15.2. The molecular weight excluding hydrogens is 244 g/mol. The molecule has 0 bridgehead atoms. The van der Waals surface area contributed by atoms with E-state index in [1.54, 1.807) is 6.07 Å². The van der Waals surface area contributed by atoms with Crippen LogP contribution in [0.5, 0.6) is 0 Å². The standard InChI is InChI=1S/C14H20N2O3/c1-15-10-11-6-2-3-7-12(11)14(19)16-9-5-4-8-13(17)18/h2-3,6-7,15H,4-5,8-10H2,1H3,(H,16,19)(H,17,18). The normalized spacial score (nSPS) is 10.2. The van der Waals surface area contributed by atoms with Crippen LogP contribution in [0.15, 0.2) is 24.3 Å². The van der Waals surface area contributed by atoms with Gasteiger partial charge in [-0.3, -0.25) is 9.59 Å². The van der Waals surface area contributed by atoms with Crippen molar-refractivity contribution in [3.05, 3.63) is 35.4 Å². The lowest BCUT2D eigenvalue weighted by atomic mass is 10.1. The highest BCUT2D eigenvalue weighted by atomic mass is 16.4. The van der Waals surface area contributed by atoms with Crippen LogP contribution in [0.4, 0.5) is 0 Å². The highest BCUT2D eigenvalue weighted by Crippen LogP contribution is 2.08. The van der Waals surface area contributed by atoms with Crippen molar-refractivity contribution in [1.29, 1.82) is 0 Å². The molecule has 0 aliphatic rings. The van der Waals surface area contributed by atoms with Crippen LogP contribution in [0.1, 0.15) is 35.2 Å². The number of nitrogens with one attached hydrogen (secondary N) is 2. The van der Waals surface area contributed by atoms with Crippen LogP contribution >= 0.6 is 0 Å². The number of hydrogen-bond acceptors (Lipinski definition) is 3. The van der Waals surface area contributed by atoms with Crippen molar-refractivity contribution in [3.63, 3.8) is 0 Å². The molecule has 0 atom stereocenters. The largest absolute Gasteiger partial charge is 0.481 e. The maximum Gasteiger partial charge on any atom is 0.303 e. The molecule has 0 unspecified atom stereocenters. The van der Waals surface area contributed by atoms with Crippen LogP contribution < -0.4 is 10.6 Å². The molecule has 104 valence electrons. The third kappa shape index (κ3) is 5.52. The van der Waals surface area contributed by atoms with E-state index < -0.39 is 5.97 Å². The van der Waals surface area contributed by atoms with Gasteiger partial charge in [0.25, 0.3) is 5.91 Å².